The number of nitrogens with zero attached hydrogens (tertiary/aromatic N) is 1. The molecular formula is C22H24ClNORu. The van der Waals surface area contributed by atoms with E-state index >= 15 is 0 Å². The maximum atomic E-state index is 5.23. The van der Waals surface area contributed by atoms with Gasteiger partial charge in [-0.05, 0) is 30.2 Å². The van der Waals surface area contributed by atoms with Crippen LogP contribution in [0.1, 0.15) is 30.9 Å². The van der Waals surface area contributed by atoms with Crippen molar-refractivity contribution in [3.8, 4) is 17.0 Å². The molecule has 0 radical (unpaired) electrons. The summed E-state index contributed by atoms with van der Waals surface area (Å²) in [6.07, 6.45) is 1.76. The number of methoxy groups -OCH3 is 1. The van der Waals surface area contributed by atoms with Crippen molar-refractivity contribution >= 4 is 9.69 Å². The number of ether oxygens (including phenoxy) is 1. The van der Waals surface area contributed by atoms with Crippen molar-refractivity contribution in [2.24, 2.45) is 0 Å². The second kappa shape index (κ2) is 12.6. The molecule has 2 aromatic carbocycles. The van der Waals surface area contributed by atoms with Gasteiger partial charge in [0, 0.05) is 11.9 Å². The number of hydrogen-bond acceptors (Lipinski definition) is 2. The Morgan fingerprint density at radius 1 is 1.00 bits per heavy atom. The van der Waals surface area contributed by atoms with Crippen molar-refractivity contribution in [3.63, 3.8) is 0 Å². The number of rotatable bonds is 3. The normalized spacial score (nSPS) is 9.50. The Bertz CT molecular complexity index is 746. The molecule has 138 valence electrons. The van der Waals surface area contributed by atoms with Gasteiger partial charge in [-0.25, -0.2) is 0 Å². The van der Waals surface area contributed by atoms with Gasteiger partial charge in [0.05, 0.1) is 7.11 Å². The summed E-state index contributed by atoms with van der Waals surface area (Å²) >= 11 is 1.82. The number of aromatic nitrogens is 1. The quantitative estimate of drug-likeness (QED) is 0.339. The van der Waals surface area contributed by atoms with Crippen LogP contribution in [-0.4, -0.2) is 12.1 Å². The van der Waals surface area contributed by atoms with Crippen LogP contribution in [0.15, 0.2) is 66.9 Å². The van der Waals surface area contributed by atoms with Gasteiger partial charge in [0.25, 0.3) is 0 Å². The van der Waals surface area contributed by atoms with E-state index in [0.29, 0.717) is 5.92 Å². The topological polar surface area (TPSA) is 22.1 Å². The van der Waals surface area contributed by atoms with Crippen LogP contribution in [0.4, 0.5) is 0 Å². The molecule has 0 saturated heterocycles. The molecule has 0 spiro atoms. The third kappa shape index (κ3) is 7.27. The summed E-state index contributed by atoms with van der Waals surface area (Å²) in [5, 5.41) is 0. The molecule has 0 atom stereocenters. The standard InChI is InChI=1S/C12H10NO.C10H14.ClH.Ru/c1-14-12-8-3-2-6-10(12)11-7-4-5-9-13-11;1-8(2)10-6-4-9(3)5-7-10;;/h2-5,7-9H,1H3;4-8H,1-3H3;1H;/q-1;;;+2/p-1. The first-order valence-electron chi connectivity index (χ1n) is 8.28. The Kier molecular flexibility index (Phi) is 10.8. The third-order valence-corrected chi connectivity index (χ3v) is 3.70. The Balaban J connectivity index is 0.000000249. The fraction of sp³-hybridized carbons (Fsp3) is 0.227. The average molecular weight is 455 g/mol. The molecule has 3 aromatic rings. The number of hydrogen-bond donors (Lipinski definition) is 0. The summed E-state index contributed by atoms with van der Waals surface area (Å²) in [7, 11) is 6.22. The molecule has 0 aliphatic carbocycles. The number of benzene rings is 2. The van der Waals surface area contributed by atoms with Gasteiger partial charge in [0.2, 0.25) is 0 Å². The molecule has 0 bridgehead atoms. The van der Waals surface area contributed by atoms with E-state index in [0.717, 1.165) is 17.0 Å². The van der Waals surface area contributed by atoms with Gasteiger partial charge in [0.15, 0.2) is 0 Å². The molecule has 0 unspecified atom stereocenters. The molecule has 3 rings (SSSR count). The molecule has 26 heavy (non-hydrogen) atoms. The first-order chi connectivity index (χ1) is 12.6. The molecule has 0 amide bonds. The van der Waals surface area contributed by atoms with Gasteiger partial charge in [-0.3, -0.25) is 0 Å². The molecule has 4 heteroatoms. The summed E-state index contributed by atoms with van der Waals surface area (Å²) in [6.45, 7) is 6.54. The Labute approximate surface area is 171 Å². The van der Waals surface area contributed by atoms with E-state index in [9.17, 15) is 0 Å². The van der Waals surface area contributed by atoms with E-state index in [-0.39, 0.29) is 0 Å². The SMILES string of the molecule is COc1ccc[c-]c1-c1ccccn1.Cc1ccc(C(C)C)cc1.[Cl][Ru+]. The number of halogens is 1. The van der Waals surface area contributed by atoms with Crippen molar-refractivity contribution < 1.29 is 22.0 Å². The van der Waals surface area contributed by atoms with E-state index in [2.05, 4.69) is 65.8 Å². The van der Waals surface area contributed by atoms with Crippen molar-refractivity contribution in [3.05, 3.63) is 84.1 Å². The predicted molar refractivity (Wildman–Crippen MR) is 106 cm³/mol. The van der Waals surface area contributed by atoms with Gasteiger partial charge in [-0.15, -0.1) is 24.3 Å². The van der Waals surface area contributed by atoms with Crippen LogP contribution in [0.5, 0.6) is 5.75 Å². The van der Waals surface area contributed by atoms with Crippen molar-refractivity contribution in [2.75, 3.05) is 7.11 Å². The van der Waals surface area contributed by atoms with E-state index in [4.69, 9.17) is 4.74 Å². The molecule has 1 aromatic heterocycles. The summed E-state index contributed by atoms with van der Waals surface area (Å²) in [5.74, 6) is 1.45. The summed E-state index contributed by atoms with van der Waals surface area (Å²) in [6, 6.07) is 23.3. The fourth-order valence-corrected chi connectivity index (χ4v) is 2.25. The first kappa shape index (κ1) is 22.3. The summed E-state index contributed by atoms with van der Waals surface area (Å²) in [4.78, 5) is 4.25. The van der Waals surface area contributed by atoms with Crippen LogP contribution in [0, 0.1) is 13.0 Å². The first-order valence-corrected chi connectivity index (χ1v) is 10.5. The summed E-state index contributed by atoms with van der Waals surface area (Å²) < 4.78 is 5.23. The Morgan fingerprint density at radius 2 is 1.69 bits per heavy atom. The van der Waals surface area contributed by atoms with Crippen LogP contribution < -0.4 is 4.74 Å². The second-order valence-corrected chi connectivity index (χ2v) is 5.89. The minimum atomic E-state index is 0.653. The zero-order valence-electron chi connectivity index (χ0n) is 15.5. The molecule has 0 aliphatic heterocycles. The van der Waals surface area contributed by atoms with E-state index in [1.165, 1.54) is 11.1 Å². The van der Waals surface area contributed by atoms with E-state index < -0.39 is 0 Å². The van der Waals surface area contributed by atoms with Gasteiger partial charge in [-0.2, -0.15) is 0 Å². The van der Waals surface area contributed by atoms with Crippen LogP contribution in [0.25, 0.3) is 11.3 Å². The molecular weight excluding hydrogens is 431 g/mol. The van der Waals surface area contributed by atoms with Crippen molar-refractivity contribution in [1.82, 2.24) is 4.98 Å². The van der Waals surface area contributed by atoms with Crippen LogP contribution in [-0.2, 0) is 17.3 Å². The van der Waals surface area contributed by atoms with E-state index in [1.54, 1.807) is 13.3 Å². The Hall–Kier alpha value is -1.70. The van der Waals surface area contributed by atoms with Gasteiger partial charge in [0.1, 0.15) is 0 Å². The Morgan fingerprint density at radius 3 is 2.23 bits per heavy atom. The monoisotopic (exact) mass is 455 g/mol. The van der Waals surface area contributed by atoms with Crippen molar-refractivity contribution in [1.29, 1.82) is 0 Å². The van der Waals surface area contributed by atoms with Crippen LogP contribution in [0.2, 0.25) is 0 Å². The zero-order chi connectivity index (χ0) is 19.4. The summed E-state index contributed by atoms with van der Waals surface area (Å²) in [5.41, 5.74) is 4.54. The van der Waals surface area contributed by atoms with Gasteiger partial charge in [-0.1, -0.05) is 61.4 Å². The van der Waals surface area contributed by atoms with Crippen LogP contribution >= 0.6 is 9.69 Å². The molecule has 2 nitrogen and oxygen atoms in total. The molecule has 1 heterocycles. The average Bonchev–Trinajstić information content (AvgIpc) is 2.71. The predicted octanol–water partition coefficient (Wildman–Crippen LogP) is 6.36. The van der Waals surface area contributed by atoms with Gasteiger partial charge < -0.3 is 9.72 Å². The van der Waals surface area contributed by atoms with Crippen molar-refractivity contribution in [2.45, 2.75) is 26.7 Å². The molecule has 0 saturated carbocycles. The fourth-order valence-electron chi connectivity index (χ4n) is 2.25. The number of aryl methyl sites for hydroxylation is 1. The van der Waals surface area contributed by atoms with E-state index in [1.807, 2.05) is 53.7 Å². The molecule has 0 fully saturated rings. The second-order valence-electron chi connectivity index (χ2n) is 5.89. The third-order valence-electron chi connectivity index (χ3n) is 3.70. The zero-order valence-corrected chi connectivity index (χ0v) is 18.0. The maximum absolute atomic E-state index is 5.23. The number of pyridine rings is 1. The molecule has 0 aliphatic rings. The minimum absolute atomic E-state index is 0.653. The van der Waals surface area contributed by atoms with Gasteiger partial charge >= 0.3 is 27.0 Å². The van der Waals surface area contributed by atoms with Crippen LogP contribution in [0.3, 0.4) is 0 Å². The molecule has 0 N–H and O–H groups in total.